The average molecular weight is 495 g/mol. The van der Waals surface area contributed by atoms with Crippen LogP contribution in [0, 0.1) is 0 Å². The molecule has 1 aliphatic rings. The van der Waals surface area contributed by atoms with Crippen molar-refractivity contribution in [1.29, 1.82) is 0 Å². The predicted octanol–water partition coefficient (Wildman–Crippen LogP) is 6.44. The van der Waals surface area contributed by atoms with Crippen LogP contribution < -0.4 is 15.0 Å². The van der Waals surface area contributed by atoms with Crippen LogP contribution >= 0.6 is 0 Å². The minimum Gasteiger partial charge on any atom is -0.507 e. The molecule has 5 rings (SSSR count). The van der Waals surface area contributed by atoms with Crippen LogP contribution in [-0.2, 0) is 9.59 Å². The third-order valence-electron chi connectivity index (χ3n) is 5.96. The molecule has 37 heavy (non-hydrogen) atoms. The zero-order chi connectivity index (χ0) is 25.9. The van der Waals surface area contributed by atoms with Crippen molar-refractivity contribution in [2.24, 2.45) is 0 Å². The fourth-order valence-electron chi connectivity index (χ4n) is 4.33. The van der Waals surface area contributed by atoms with Gasteiger partial charge in [-0.15, -0.1) is 0 Å². The molecule has 1 atom stereocenters. The molecule has 0 radical (unpaired) electrons. The molecule has 7 heteroatoms. The summed E-state index contributed by atoms with van der Waals surface area (Å²) in [6, 6.07) is 26.1. The maximum absolute atomic E-state index is 13.3. The van der Waals surface area contributed by atoms with E-state index in [-0.39, 0.29) is 17.4 Å². The number of para-hydroxylation sites is 1. The highest BCUT2D eigenvalue weighted by Crippen LogP contribution is 2.42. The molecule has 0 saturated carbocycles. The van der Waals surface area contributed by atoms with Gasteiger partial charge in [0.25, 0.3) is 11.7 Å². The summed E-state index contributed by atoms with van der Waals surface area (Å²) in [7, 11) is 0. The number of ketones is 1. The van der Waals surface area contributed by atoms with Gasteiger partial charge in [0.2, 0.25) is 0 Å². The first-order valence-electron chi connectivity index (χ1n) is 12.0. The van der Waals surface area contributed by atoms with Crippen molar-refractivity contribution in [3.05, 3.63) is 114 Å². The minimum atomic E-state index is -0.922. The third kappa shape index (κ3) is 4.84. The van der Waals surface area contributed by atoms with Gasteiger partial charge in [-0.2, -0.15) is 0 Å². The average Bonchev–Trinajstić information content (AvgIpc) is 3.52. The number of anilines is 3. The Kier molecular flexibility index (Phi) is 6.51. The molecule has 3 aromatic carbocycles. The van der Waals surface area contributed by atoms with Crippen molar-refractivity contribution in [1.82, 2.24) is 0 Å². The molecule has 1 aromatic heterocycles. The summed E-state index contributed by atoms with van der Waals surface area (Å²) in [5, 5.41) is 14.5. The lowest BCUT2D eigenvalue weighted by Gasteiger charge is -2.23. The van der Waals surface area contributed by atoms with Crippen LogP contribution in [0.15, 0.2) is 107 Å². The van der Waals surface area contributed by atoms with E-state index in [0.717, 1.165) is 11.4 Å². The Hall–Kier alpha value is -4.78. The molecule has 7 nitrogen and oxygen atoms in total. The lowest BCUT2D eigenvalue weighted by molar-refractivity contribution is -0.132. The van der Waals surface area contributed by atoms with Gasteiger partial charge in [0, 0.05) is 22.6 Å². The van der Waals surface area contributed by atoms with Gasteiger partial charge < -0.3 is 19.6 Å². The molecule has 0 bridgehead atoms. The van der Waals surface area contributed by atoms with Crippen molar-refractivity contribution in [2.75, 3.05) is 10.2 Å². The van der Waals surface area contributed by atoms with Crippen molar-refractivity contribution >= 4 is 34.5 Å². The van der Waals surface area contributed by atoms with Crippen LogP contribution in [0.25, 0.3) is 5.76 Å². The van der Waals surface area contributed by atoms with Crippen molar-refractivity contribution < 1.29 is 23.8 Å². The van der Waals surface area contributed by atoms with E-state index in [0.29, 0.717) is 22.8 Å². The molecular formula is C30H26N2O5. The molecule has 186 valence electrons. The Morgan fingerprint density at radius 1 is 0.892 bits per heavy atom. The highest BCUT2D eigenvalue weighted by Gasteiger charge is 2.48. The van der Waals surface area contributed by atoms with Crippen molar-refractivity contribution in [3.8, 4) is 5.75 Å². The second kappa shape index (κ2) is 10.1. The quantitative estimate of drug-likeness (QED) is 0.175. The maximum Gasteiger partial charge on any atom is 0.300 e. The van der Waals surface area contributed by atoms with E-state index in [1.165, 1.54) is 11.2 Å². The van der Waals surface area contributed by atoms with E-state index < -0.39 is 17.7 Å². The summed E-state index contributed by atoms with van der Waals surface area (Å²) in [6.07, 6.45) is 1.47. The number of carbonyl (C=O) groups excluding carboxylic acids is 2. The number of nitrogens with one attached hydrogen (secondary N) is 1. The largest absolute Gasteiger partial charge is 0.507 e. The summed E-state index contributed by atoms with van der Waals surface area (Å²) in [6.45, 7) is 3.84. The Morgan fingerprint density at radius 3 is 2.19 bits per heavy atom. The molecule has 1 saturated heterocycles. The van der Waals surface area contributed by atoms with Crippen molar-refractivity contribution in [2.45, 2.75) is 26.0 Å². The number of furan rings is 1. The Labute approximate surface area is 214 Å². The first kappa shape index (κ1) is 23.9. The Bertz CT molecular complexity index is 1420. The fourth-order valence-corrected chi connectivity index (χ4v) is 4.33. The standard InChI is InChI=1S/C30H26N2O5/c1-19(2)37-24-16-10-20(11-17-24)28(33)26-27(25-9-6-18-36-25)32(30(35)29(26)34)23-14-12-22(13-15-23)31-21-7-4-3-5-8-21/h3-19,27,31,33H,1-2H3/b28-26-. The molecule has 1 fully saturated rings. The fraction of sp³-hybridized carbons (Fsp3) is 0.133. The molecule has 1 unspecified atom stereocenters. The van der Waals surface area contributed by atoms with Gasteiger partial charge >= 0.3 is 0 Å². The normalized spacial score (nSPS) is 16.8. The van der Waals surface area contributed by atoms with Gasteiger partial charge in [0.15, 0.2) is 0 Å². The maximum atomic E-state index is 13.3. The number of nitrogens with zero attached hydrogens (tertiary/aromatic N) is 1. The van der Waals surface area contributed by atoms with Crippen molar-refractivity contribution in [3.63, 3.8) is 0 Å². The third-order valence-corrected chi connectivity index (χ3v) is 5.96. The predicted molar refractivity (Wildman–Crippen MR) is 142 cm³/mol. The van der Waals surface area contributed by atoms with E-state index in [4.69, 9.17) is 9.15 Å². The lowest BCUT2D eigenvalue weighted by atomic mass is 9.99. The van der Waals surface area contributed by atoms with Crippen LogP contribution in [0.4, 0.5) is 17.1 Å². The first-order chi connectivity index (χ1) is 17.9. The molecule has 1 aliphatic heterocycles. The summed E-state index contributed by atoms with van der Waals surface area (Å²) < 4.78 is 11.3. The van der Waals surface area contributed by atoms with Crippen LogP contribution in [0.1, 0.15) is 31.2 Å². The van der Waals surface area contributed by atoms with E-state index in [9.17, 15) is 14.7 Å². The number of amides is 1. The van der Waals surface area contributed by atoms with Crippen LogP contribution in [0.2, 0.25) is 0 Å². The van der Waals surface area contributed by atoms with E-state index in [1.807, 2.05) is 56.3 Å². The number of carbonyl (C=O) groups is 2. The number of rotatable bonds is 7. The van der Waals surface area contributed by atoms with Crippen LogP contribution in [0.5, 0.6) is 5.75 Å². The highest BCUT2D eigenvalue weighted by molar-refractivity contribution is 6.51. The number of aliphatic hydroxyl groups is 1. The lowest BCUT2D eigenvalue weighted by Crippen LogP contribution is -2.29. The summed E-state index contributed by atoms with van der Waals surface area (Å²) in [5.41, 5.74) is 2.61. The van der Waals surface area contributed by atoms with E-state index >= 15 is 0 Å². The summed E-state index contributed by atoms with van der Waals surface area (Å²) >= 11 is 0. The molecule has 1 amide bonds. The topological polar surface area (TPSA) is 92.0 Å². The zero-order valence-corrected chi connectivity index (χ0v) is 20.4. The zero-order valence-electron chi connectivity index (χ0n) is 20.4. The molecule has 0 aliphatic carbocycles. The van der Waals surface area contributed by atoms with Crippen LogP contribution in [0.3, 0.4) is 0 Å². The second-order valence-electron chi connectivity index (χ2n) is 8.91. The van der Waals surface area contributed by atoms with Crippen LogP contribution in [-0.4, -0.2) is 22.9 Å². The Morgan fingerprint density at radius 2 is 1.57 bits per heavy atom. The summed E-state index contributed by atoms with van der Waals surface area (Å²) in [5.74, 6) is -0.800. The van der Waals surface area contributed by atoms with Gasteiger partial charge in [-0.25, -0.2) is 0 Å². The SMILES string of the molecule is CC(C)Oc1ccc(/C(O)=C2/C(=O)C(=O)N(c3ccc(Nc4ccccc4)cc3)C2c2ccco2)cc1. The van der Waals surface area contributed by atoms with Gasteiger partial charge in [0.1, 0.15) is 23.3 Å². The van der Waals surface area contributed by atoms with Gasteiger partial charge in [-0.3, -0.25) is 14.5 Å². The van der Waals surface area contributed by atoms with Gasteiger partial charge in [0.05, 0.1) is 17.9 Å². The van der Waals surface area contributed by atoms with E-state index in [2.05, 4.69) is 5.32 Å². The number of aliphatic hydroxyl groups excluding tert-OH is 1. The molecule has 2 N–H and O–H groups in total. The second-order valence-corrected chi connectivity index (χ2v) is 8.91. The Balaban J connectivity index is 1.51. The number of ether oxygens (including phenoxy) is 1. The number of benzene rings is 3. The monoisotopic (exact) mass is 494 g/mol. The number of hydrogen-bond acceptors (Lipinski definition) is 6. The summed E-state index contributed by atoms with van der Waals surface area (Å²) in [4.78, 5) is 27.9. The molecule has 0 spiro atoms. The smallest absolute Gasteiger partial charge is 0.300 e. The van der Waals surface area contributed by atoms with E-state index in [1.54, 1.807) is 48.5 Å². The molecule has 4 aromatic rings. The molecule has 2 heterocycles. The van der Waals surface area contributed by atoms with Gasteiger partial charge in [-0.1, -0.05) is 18.2 Å². The van der Waals surface area contributed by atoms with Gasteiger partial charge in [-0.05, 0) is 86.6 Å². The number of hydrogen-bond donors (Lipinski definition) is 2. The first-order valence-corrected chi connectivity index (χ1v) is 12.0. The molecular weight excluding hydrogens is 468 g/mol. The minimum absolute atomic E-state index is 0.00185. The highest BCUT2D eigenvalue weighted by atomic mass is 16.5. The number of Topliss-reactive ketones (excluding diaryl/α,β-unsaturated/α-hetero) is 1.